The van der Waals surface area contributed by atoms with Gasteiger partial charge in [0.2, 0.25) is 5.91 Å². The smallest absolute Gasteiger partial charge is 0.352 e. The average molecular weight is 782 g/mol. The molecule has 26 heteroatoms. The van der Waals surface area contributed by atoms with Gasteiger partial charge in [-0.25, -0.2) is 0 Å². The quantitative estimate of drug-likeness (QED) is 0.230. The van der Waals surface area contributed by atoms with Crippen molar-refractivity contribution in [1.29, 1.82) is 0 Å². The zero-order chi connectivity index (χ0) is 39.5. The van der Waals surface area contributed by atoms with E-state index in [1.165, 1.54) is 0 Å². The Morgan fingerprint density at radius 2 is 1.00 bits per heavy atom. The number of halogens is 22. The number of likely N-dealkylation sites (tertiary alicyclic amines) is 1. The van der Waals surface area contributed by atoms with E-state index in [-0.39, 0.29) is 5.56 Å². The average Bonchev–Trinajstić information content (AvgIpc) is 2.97. The minimum Gasteiger partial charge on any atom is -0.352 e. The molecule has 2 amide bonds. The fraction of sp³-hybridized carbons (Fsp3) is 0.667. The van der Waals surface area contributed by atoms with E-state index in [0.717, 1.165) is 12.1 Å². The number of hydrogen-bond donors (Lipinski definition) is 1. The summed E-state index contributed by atoms with van der Waals surface area (Å²) in [5.74, 6) is -75.1. The van der Waals surface area contributed by atoms with Crippen LogP contribution < -0.4 is 5.32 Å². The van der Waals surface area contributed by atoms with Crippen molar-refractivity contribution in [2.75, 3.05) is 13.1 Å². The number of rotatable bonds is 11. The van der Waals surface area contributed by atoms with E-state index in [4.69, 9.17) is 0 Å². The molecule has 0 saturated carbocycles. The Morgan fingerprint density at radius 1 is 0.600 bits per heavy atom. The third-order valence-electron chi connectivity index (χ3n) is 7.26. The maximum absolute atomic E-state index is 14.4. The first-order valence-electron chi connectivity index (χ1n) is 12.8. The molecule has 0 aliphatic carbocycles. The van der Waals surface area contributed by atoms with Crippen LogP contribution in [0, 0.1) is 5.92 Å². The maximum atomic E-state index is 14.4. The largest absolute Gasteiger partial charge is 0.460 e. The number of amides is 2. The van der Waals surface area contributed by atoms with Gasteiger partial charge in [0, 0.05) is 25.6 Å². The van der Waals surface area contributed by atoms with E-state index in [2.05, 4.69) is 5.32 Å². The molecule has 1 saturated heterocycles. The van der Waals surface area contributed by atoms with E-state index in [0.29, 0.717) is 12.1 Å². The van der Waals surface area contributed by atoms with Gasteiger partial charge in [0.05, 0.1) is 5.56 Å². The van der Waals surface area contributed by atoms with E-state index < -0.39 is 120 Å². The summed E-state index contributed by atoms with van der Waals surface area (Å²) in [7, 11) is 0. The Labute approximate surface area is 262 Å². The molecule has 1 aliphatic heterocycles. The van der Waals surface area contributed by atoms with Gasteiger partial charge in [0.25, 0.3) is 5.91 Å². The summed E-state index contributed by atoms with van der Waals surface area (Å²) >= 11 is 0. The fourth-order valence-corrected chi connectivity index (χ4v) is 4.23. The molecular formula is C24H16F22N2O2. The molecule has 0 spiro atoms. The third-order valence-corrected chi connectivity index (χ3v) is 7.26. The van der Waals surface area contributed by atoms with Gasteiger partial charge in [0.15, 0.2) is 0 Å². The second kappa shape index (κ2) is 12.7. The summed E-state index contributed by atoms with van der Waals surface area (Å²) in [4.78, 5) is 23.8. The normalized spacial score (nSPS) is 17.2. The van der Waals surface area contributed by atoms with Crippen molar-refractivity contribution in [3.05, 3.63) is 35.4 Å². The highest BCUT2D eigenvalue weighted by molar-refractivity contribution is 5.85. The van der Waals surface area contributed by atoms with E-state index in [1.807, 2.05) is 0 Å². The highest BCUT2D eigenvalue weighted by atomic mass is 19.4. The van der Waals surface area contributed by atoms with Crippen LogP contribution in [0.3, 0.4) is 0 Å². The number of alkyl halides is 22. The number of benzene rings is 1. The Hall–Kier alpha value is -3.38. The molecule has 0 radical (unpaired) electrons. The summed E-state index contributed by atoms with van der Waals surface area (Å²) in [5, 5.41) is 2.08. The van der Waals surface area contributed by atoms with Crippen molar-refractivity contribution in [3.8, 4) is 0 Å². The van der Waals surface area contributed by atoms with Gasteiger partial charge in [-0.2, -0.15) is 96.6 Å². The first kappa shape index (κ1) is 42.8. The lowest BCUT2D eigenvalue weighted by molar-refractivity contribution is -0.467. The van der Waals surface area contributed by atoms with Crippen LogP contribution in [0.15, 0.2) is 24.3 Å². The van der Waals surface area contributed by atoms with Crippen LogP contribution in [-0.4, -0.2) is 83.4 Å². The first-order chi connectivity index (χ1) is 22.0. The van der Waals surface area contributed by atoms with Crippen LogP contribution in [0.25, 0.3) is 0 Å². The number of carbonyl (C=O) groups excluding carboxylic acids is 2. The molecule has 2 rings (SSSR count). The summed E-state index contributed by atoms with van der Waals surface area (Å²) in [6.45, 7) is -3.26. The molecule has 0 bridgehead atoms. The number of nitrogens with zero attached hydrogens (tertiary/aromatic N) is 1. The Kier molecular flexibility index (Phi) is 10.9. The number of carbonyl (C=O) groups is 2. The van der Waals surface area contributed by atoms with Crippen LogP contribution in [0.4, 0.5) is 96.6 Å². The van der Waals surface area contributed by atoms with Crippen molar-refractivity contribution < 1.29 is 106 Å². The minimum atomic E-state index is -9.12. The summed E-state index contributed by atoms with van der Waals surface area (Å²) in [5.41, 5.74) is -1.28. The van der Waals surface area contributed by atoms with Gasteiger partial charge in [-0.1, -0.05) is 12.1 Å². The topological polar surface area (TPSA) is 49.4 Å². The predicted octanol–water partition coefficient (Wildman–Crippen LogP) is 8.20. The predicted molar refractivity (Wildman–Crippen MR) is 118 cm³/mol. The highest BCUT2D eigenvalue weighted by Crippen LogP contribution is 2.65. The third kappa shape index (κ3) is 6.58. The molecule has 4 nitrogen and oxygen atoms in total. The van der Waals surface area contributed by atoms with Crippen molar-refractivity contribution in [2.45, 2.75) is 79.1 Å². The molecule has 1 N–H and O–H groups in total. The van der Waals surface area contributed by atoms with E-state index in [9.17, 15) is 106 Å². The number of piperidine rings is 1. The second-order valence-corrected chi connectivity index (χ2v) is 10.6. The number of nitrogens with one attached hydrogen (secondary N) is 1. The van der Waals surface area contributed by atoms with Crippen LogP contribution >= 0.6 is 0 Å². The van der Waals surface area contributed by atoms with Gasteiger partial charge >= 0.3 is 59.7 Å². The monoisotopic (exact) mass is 782 g/mol. The van der Waals surface area contributed by atoms with Gasteiger partial charge in [-0.05, 0) is 30.5 Å². The van der Waals surface area contributed by atoms with Crippen molar-refractivity contribution >= 4 is 11.8 Å². The SMILES string of the molecule is O=C(NCc1cccc(C(F)(F)F)c1)C1CCN(C(=O)C(F)(F)C(F)(F)C(F)(F)C(F)(F)C(F)(F)C(F)(F)C(F)(F)C(F)(F)C(F)(F)F)CC1. The Balaban J connectivity index is 2.28. The zero-order valence-corrected chi connectivity index (χ0v) is 23.5. The van der Waals surface area contributed by atoms with Crippen LogP contribution in [-0.2, 0) is 22.3 Å². The molecule has 0 unspecified atom stereocenters. The molecule has 0 aromatic heterocycles. The van der Waals surface area contributed by atoms with Crippen molar-refractivity contribution in [3.63, 3.8) is 0 Å². The standard InChI is InChI=1S/C24H16F22N2O2/c25-15(26,14(50)48-6-4-11(5-7-48)13(49)47-9-10-2-1-3-12(8-10)16(27,28)29)17(30,31)18(32,33)19(34,35)20(36,37)21(38,39)22(40,41)23(42,43)24(44,45)46/h1-3,8,11H,4-7,9H2,(H,47,49). The van der Waals surface area contributed by atoms with Crippen molar-refractivity contribution in [2.24, 2.45) is 5.92 Å². The Bertz CT molecular complexity index is 1410. The summed E-state index contributed by atoms with van der Waals surface area (Å²) in [6.07, 6.45) is -14.5. The first-order valence-corrected chi connectivity index (χ1v) is 12.8. The van der Waals surface area contributed by atoms with E-state index in [1.54, 1.807) is 0 Å². The lowest BCUT2D eigenvalue weighted by atomic mass is 9.87. The van der Waals surface area contributed by atoms with Crippen LogP contribution in [0.5, 0.6) is 0 Å². The molecular weight excluding hydrogens is 766 g/mol. The van der Waals surface area contributed by atoms with Crippen LogP contribution in [0.2, 0.25) is 0 Å². The zero-order valence-electron chi connectivity index (χ0n) is 23.5. The molecule has 1 aromatic carbocycles. The second-order valence-electron chi connectivity index (χ2n) is 10.6. The lowest BCUT2D eigenvalue weighted by Crippen LogP contribution is -2.76. The molecule has 1 aliphatic rings. The lowest BCUT2D eigenvalue weighted by Gasteiger charge is -2.44. The van der Waals surface area contributed by atoms with Crippen LogP contribution in [0.1, 0.15) is 24.0 Å². The van der Waals surface area contributed by atoms with Gasteiger partial charge in [0.1, 0.15) is 0 Å². The highest BCUT2D eigenvalue weighted by Gasteiger charge is 2.97. The van der Waals surface area contributed by atoms with Gasteiger partial charge in [-0.3, -0.25) is 9.59 Å². The number of hydrogen-bond acceptors (Lipinski definition) is 2. The molecule has 1 heterocycles. The molecule has 288 valence electrons. The van der Waals surface area contributed by atoms with Gasteiger partial charge in [-0.15, -0.1) is 0 Å². The summed E-state index contributed by atoms with van der Waals surface area (Å²) in [6, 6.07) is 3.31. The summed E-state index contributed by atoms with van der Waals surface area (Å²) < 4.78 is 296. The fourth-order valence-electron chi connectivity index (χ4n) is 4.23. The molecule has 1 fully saturated rings. The van der Waals surface area contributed by atoms with Crippen molar-refractivity contribution in [1.82, 2.24) is 10.2 Å². The molecule has 0 atom stereocenters. The molecule has 1 aromatic rings. The Morgan fingerprint density at radius 3 is 1.40 bits per heavy atom. The van der Waals surface area contributed by atoms with E-state index >= 15 is 0 Å². The maximum Gasteiger partial charge on any atom is 0.460 e. The molecule has 50 heavy (non-hydrogen) atoms. The van der Waals surface area contributed by atoms with Gasteiger partial charge < -0.3 is 10.2 Å². The minimum absolute atomic E-state index is 0.137.